The number of aromatic hydroxyl groups is 1. The fourth-order valence-corrected chi connectivity index (χ4v) is 2.04. The summed E-state index contributed by atoms with van der Waals surface area (Å²) in [6.45, 7) is 0. The largest absolute Gasteiger partial charge is 0.502 e. The van der Waals surface area contributed by atoms with Crippen LogP contribution in [0.5, 0.6) is 28.7 Å². The molecule has 0 radical (unpaired) electrons. The van der Waals surface area contributed by atoms with Crippen molar-refractivity contribution in [2.45, 2.75) is 0 Å². The molecule has 0 fully saturated rings. The van der Waals surface area contributed by atoms with Crippen molar-refractivity contribution in [3.63, 3.8) is 0 Å². The standard InChI is InChI=1S/C8H8O7S/c1-12-4-3-5-7(8(13-2)6(4)9)15-16(10,11)14-5/h3,9H,1-2H3. The fourth-order valence-electron chi connectivity index (χ4n) is 1.30. The first-order valence-electron chi connectivity index (χ1n) is 4.10. The van der Waals surface area contributed by atoms with E-state index < -0.39 is 10.4 Å². The van der Waals surface area contributed by atoms with E-state index in [1.165, 1.54) is 20.3 Å². The average Bonchev–Trinajstić information content (AvgIpc) is 2.51. The molecule has 0 spiro atoms. The Hall–Kier alpha value is -1.83. The van der Waals surface area contributed by atoms with Crippen LogP contribution in [-0.2, 0) is 10.4 Å². The van der Waals surface area contributed by atoms with Gasteiger partial charge in [0.2, 0.25) is 17.2 Å². The van der Waals surface area contributed by atoms with Gasteiger partial charge in [0.15, 0.2) is 11.5 Å². The van der Waals surface area contributed by atoms with Gasteiger partial charge in [0.1, 0.15) is 0 Å². The van der Waals surface area contributed by atoms with Gasteiger partial charge in [0, 0.05) is 6.07 Å². The Morgan fingerprint density at radius 3 is 2.50 bits per heavy atom. The van der Waals surface area contributed by atoms with Crippen LogP contribution in [0.25, 0.3) is 0 Å². The van der Waals surface area contributed by atoms with Gasteiger partial charge in [-0.15, -0.1) is 8.42 Å². The van der Waals surface area contributed by atoms with Crippen LogP contribution in [0.4, 0.5) is 0 Å². The molecule has 1 aromatic rings. The molecule has 1 heterocycles. The summed E-state index contributed by atoms with van der Waals surface area (Å²) in [5.74, 6) is -0.775. The minimum atomic E-state index is -4.13. The lowest BCUT2D eigenvalue weighted by Gasteiger charge is -2.09. The van der Waals surface area contributed by atoms with Crippen molar-refractivity contribution in [1.29, 1.82) is 0 Å². The topological polar surface area (TPSA) is 91.3 Å². The number of phenols is 1. The molecule has 88 valence electrons. The predicted octanol–water partition coefficient (Wildman–Crippen LogP) is 0.425. The van der Waals surface area contributed by atoms with Crippen molar-refractivity contribution >= 4 is 10.4 Å². The first-order valence-corrected chi connectivity index (χ1v) is 5.43. The highest BCUT2D eigenvalue weighted by Crippen LogP contribution is 2.52. The zero-order valence-corrected chi connectivity index (χ0v) is 9.20. The van der Waals surface area contributed by atoms with Crippen LogP contribution in [0.2, 0.25) is 0 Å². The Balaban J connectivity index is 2.67. The molecule has 1 aromatic carbocycles. The van der Waals surface area contributed by atoms with Gasteiger partial charge in [-0.3, -0.25) is 0 Å². The first kappa shape index (κ1) is 10.7. The Bertz CT molecular complexity index is 534. The van der Waals surface area contributed by atoms with Crippen molar-refractivity contribution < 1.29 is 31.4 Å². The molecule has 16 heavy (non-hydrogen) atoms. The highest BCUT2D eigenvalue weighted by molar-refractivity contribution is 7.82. The summed E-state index contributed by atoms with van der Waals surface area (Å²) >= 11 is 0. The third-order valence-electron chi connectivity index (χ3n) is 1.94. The number of hydrogen-bond acceptors (Lipinski definition) is 7. The zero-order chi connectivity index (χ0) is 11.9. The Labute approximate surface area is 91.4 Å². The number of phenolic OH excluding ortho intramolecular Hbond substituents is 1. The predicted molar refractivity (Wildman–Crippen MR) is 51.4 cm³/mol. The number of hydrogen-bond donors (Lipinski definition) is 1. The molecule has 1 aliphatic heterocycles. The van der Waals surface area contributed by atoms with Gasteiger partial charge in [0.25, 0.3) is 0 Å². The summed E-state index contributed by atoms with van der Waals surface area (Å²) in [6, 6.07) is 1.19. The molecule has 0 atom stereocenters. The third kappa shape index (κ3) is 1.47. The van der Waals surface area contributed by atoms with E-state index in [0.717, 1.165) is 0 Å². The highest BCUT2D eigenvalue weighted by atomic mass is 32.3. The van der Waals surface area contributed by atoms with Crippen molar-refractivity contribution in [3.05, 3.63) is 6.07 Å². The van der Waals surface area contributed by atoms with E-state index in [1.54, 1.807) is 0 Å². The van der Waals surface area contributed by atoms with E-state index in [4.69, 9.17) is 9.47 Å². The van der Waals surface area contributed by atoms with Gasteiger partial charge in [-0.1, -0.05) is 0 Å². The third-order valence-corrected chi connectivity index (χ3v) is 2.70. The van der Waals surface area contributed by atoms with Gasteiger partial charge in [-0.2, -0.15) is 0 Å². The molecule has 8 heteroatoms. The van der Waals surface area contributed by atoms with Crippen LogP contribution in [0.3, 0.4) is 0 Å². The Morgan fingerprint density at radius 2 is 1.94 bits per heavy atom. The van der Waals surface area contributed by atoms with Gasteiger partial charge in [-0.25, -0.2) is 0 Å². The fraction of sp³-hybridized carbons (Fsp3) is 0.250. The molecule has 0 saturated carbocycles. The summed E-state index contributed by atoms with van der Waals surface area (Å²) < 4.78 is 40.8. The van der Waals surface area contributed by atoms with Crippen LogP contribution in [0.1, 0.15) is 0 Å². The van der Waals surface area contributed by atoms with Crippen LogP contribution >= 0.6 is 0 Å². The maximum absolute atomic E-state index is 11.0. The Morgan fingerprint density at radius 1 is 1.25 bits per heavy atom. The van der Waals surface area contributed by atoms with Gasteiger partial charge >= 0.3 is 10.4 Å². The molecular formula is C8H8O7S. The first-order chi connectivity index (χ1) is 7.48. The number of benzene rings is 1. The number of rotatable bonds is 2. The summed E-state index contributed by atoms with van der Waals surface area (Å²) in [5.41, 5.74) is 0. The van der Waals surface area contributed by atoms with Gasteiger partial charge < -0.3 is 22.9 Å². The molecule has 0 aliphatic carbocycles. The van der Waals surface area contributed by atoms with Crippen LogP contribution in [0, 0.1) is 0 Å². The van der Waals surface area contributed by atoms with E-state index in [1.807, 2.05) is 0 Å². The minimum Gasteiger partial charge on any atom is -0.502 e. The maximum Gasteiger partial charge on any atom is 0.501 e. The summed E-state index contributed by atoms with van der Waals surface area (Å²) in [6.07, 6.45) is 0. The van der Waals surface area contributed by atoms with Gasteiger partial charge in [-0.05, 0) is 0 Å². The van der Waals surface area contributed by atoms with Crippen LogP contribution in [-0.4, -0.2) is 27.7 Å². The SMILES string of the molecule is COc1cc2c(c(OC)c1O)OS(=O)(=O)O2. The number of ether oxygens (including phenoxy) is 2. The second-order valence-electron chi connectivity index (χ2n) is 2.86. The average molecular weight is 248 g/mol. The van der Waals surface area contributed by atoms with Crippen molar-refractivity contribution in [2.75, 3.05) is 14.2 Å². The second-order valence-corrected chi connectivity index (χ2v) is 4.01. The summed E-state index contributed by atoms with van der Waals surface area (Å²) in [5, 5.41) is 9.64. The summed E-state index contributed by atoms with van der Waals surface area (Å²) in [7, 11) is -1.56. The van der Waals surface area contributed by atoms with E-state index >= 15 is 0 Å². The van der Waals surface area contributed by atoms with E-state index in [-0.39, 0.29) is 28.7 Å². The quantitative estimate of drug-likeness (QED) is 0.811. The monoisotopic (exact) mass is 248 g/mol. The van der Waals surface area contributed by atoms with Gasteiger partial charge in [0.05, 0.1) is 14.2 Å². The normalized spacial score (nSPS) is 15.9. The molecule has 0 amide bonds. The lowest BCUT2D eigenvalue weighted by Crippen LogP contribution is -2.08. The van der Waals surface area contributed by atoms with E-state index in [9.17, 15) is 13.5 Å². The lowest BCUT2D eigenvalue weighted by atomic mass is 10.2. The number of methoxy groups -OCH3 is 2. The zero-order valence-electron chi connectivity index (χ0n) is 8.38. The minimum absolute atomic E-state index is 0.0244. The van der Waals surface area contributed by atoms with Crippen molar-refractivity contribution in [2.24, 2.45) is 0 Å². The van der Waals surface area contributed by atoms with Crippen LogP contribution < -0.4 is 17.8 Å². The molecular weight excluding hydrogens is 240 g/mol. The van der Waals surface area contributed by atoms with E-state index in [2.05, 4.69) is 8.37 Å². The molecule has 0 bridgehead atoms. The molecule has 0 saturated heterocycles. The Kier molecular flexibility index (Phi) is 2.23. The molecule has 7 nitrogen and oxygen atoms in total. The molecule has 1 N–H and O–H groups in total. The molecule has 1 aliphatic rings. The van der Waals surface area contributed by atoms with E-state index in [0.29, 0.717) is 0 Å². The summed E-state index contributed by atoms with van der Waals surface area (Å²) in [4.78, 5) is 0. The number of fused-ring (bicyclic) bond motifs is 1. The molecule has 0 aromatic heterocycles. The molecule has 2 rings (SSSR count). The highest BCUT2D eigenvalue weighted by Gasteiger charge is 2.35. The lowest BCUT2D eigenvalue weighted by molar-refractivity contribution is 0.332. The van der Waals surface area contributed by atoms with Crippen molar-refractivity contribution in [1.82, 2.24) is 0 Å². The van der Waals surface area contributed by atoms with Crippen LogP contribution in [0.15, 0.2) is 6.07 Å². The second kappa shape index (κ2) is 3.34. The molecule has 0 unspecified atom stereocenters. The maximum atomic E-state index is 11.0. The smallest absolute Gasteiger partial charge is 0.501 e. The van der Waals surface area contributed by atoms with Crippen molar-refractivity contribution in [3.8, 4) is 28.7 Å².